The zero-order valence-electron chi connectivity index (χ0n) is 12.3. The smallest absolute Gasteiger partial charge is 0.249 e. The maximum atomic E-state index is 11.6. The molecule has 2 amide bonds. The van der Waals surface area contributed by atoms with E-state index in [1.165, 1.54) is 0 Å². The Kier molecular flexibility index (Phi) is 5.24. The predicted octanol–water partition coefficient (Wildman–Crippen LogP) is -0.331. The number of hydrogen-bond donors (Lipinski definition) is 2. The fourth-order valence-electron chi connectivity index (χ4n) is 2.09. The van der Waals surface area contributed by atoms with Crippen LogP contribution in [0.25, 0.3) is 0 Å². The molecule has 0 spiro atoms. The van der Waals surface area contributed by atoms with Crippen molar-refractivity contribution in [2.75, 3.05) is 31.7 Å². The van der Waals surface area contributed by atoms with Crippen LogP contribution in [0.15, 0.2) is 18.3 Å². The second-order valence-electron chi connectivity index (χ2n) is 4.91. The number of aromatic nitrogens is 1. The van der Waals surface area contributed by atoms with Crippen molar-refractivity contribution in [2.24, 2.45) is 0 Å². The summed E-state index contributed by atoms with van der Waals surface area (Å²) >= 11 is 0. The molecule has 1 aliphatic heterocycles. The molecule has 1 fully saturated rings. The van der Waals surface area contributed by atoms with Crippen LogP contribution in [0.4, 0.5) is 5.82 Å². The van der Waals surface area contributed by atoms with Crippen molar-refractivity contribution in [3.05, 3.63) is 23.9 Å². The molecule has 1 aromatic heterocycles. The average Bonchev–Trinajstić information content (AvgIpc) is 2.48. The number of amides is 2. The van der Waals surface area contributed by atoms with Crippen LogP contribution in [0, 0.1) is 0 Å². The second kappa shape index (κ2) is 7.14. The fourth-order valence-corrected chi connectivity index (χ4v) is 2.09. The van der Waals surface area contributed by atoms with Crippen molar-refractivity contribution in [3.63, 3.8) is 0 Å². The number of imide groups is 1. The Morgan fingerprint density at radius 3 is 2.95 bits per heavy atom. The summed E-state index contributed by atoms with van der Waals surface area (Å²) in [4.78, 5) is 29.1. The van der Waals surface area contributed by atoms with Crippen LogP contribution >= 0.6 is 0 Å². The van der Waals surface area contributed by atoms with Crippen LogP contribution in [-0.2, 0) is 20.9 Å². The Morgan fingerprint density at radius 2 is 2.29 bits per heavy atom. The van der Waals surface area contributed by atoms with Crippen molar-refractivity contribution in [2.45, 2.75) is 19.5 Å². The van der Waals surface area contributed by atoms with Crippen LogP contribution < -0.4 is 15.5 Å². The van der Waals surface area contributed by atoms with Crippen LogP contribution in [-0.4, -0.2) is 49.6 Å². The lowest BCUT2D eigenvalue weighted by Crippen LogP contribution is -2.57. The monoisotopic (exact) mass is 292 g/mol. The van der Waals surface area contributed by atoms with E-state index in [1.54, 1.807) is 25.1 Å². The van der Waals surface area contributed by atoms with E-state index in [1.807, 2.05) is 12.1 Å². The first-order valence-corrected chi connectivity index (χ1v) is 6.86. The van der Waals surface area contributed by atoms with Gasteiger partial charge in [-0.2, -0.15) is 0 Å². The minimum atomic E-state index is -0.402. The first-order chi connectivity index (χ1) is 10.1. The molecule has 1 aromatic rings. The van der Waals surface area contributed by atoms with E-state index in [0.717, 1.165) is 12.1 Å². The summed E-state index contributed by atoms with van der Waals surface area (Å²) in [5, 5.41) is 5.54. The highest BCUT2D eigenvalue weighted by Gasteiger charge is 2.30. The molecule has 0 aliphatic carbocycles. The van der Waals surface area contributed by atoms with Gasteiger partial charge in [0.25, 0.3) is 0 Å². The molecule has 0 radical (unpaired) electrons. The highest BCUT2D eigenvalue weighted by atomic mass is 16.5. The fraction of sp³-hybridized carbons (Fsp3) is 0.500. The molecule has 1 aliphatic rings. The predicted molar refractivity (Wildman–Crippen MR) is 77.8 cm³/mol. The number of pyridine rings is 1. The largest absolute Gasteiger partial charge is 0.383 e. The molecule has 2 heterocycles. The van der Waals surface area contributed by atoms with Crippen LogP contribution in [0.3, 0.4) is 0 Å². The molecule has 2 rings (SSSR count). The van der Waals surface area contributed by atoms with Gasteiger partial charge in [0.15, 0.2) is 0 Å². The van der Waals surface area contributed by atoms with Crippen LogP contribution in [0.5, 0.6) is 0 Å². The van der Waals surface area contributed by atoms with Gasteiger partial charge in [0.1, 0.15) is 11.9 Å². The summed E-state index contributed by atoms with van der Waals surface area (Å²) < 4.78 is 4.96. The van der Waals surface area contributed by atoms with Gasteiger partial charge in [0.05, 0.1) is 13.2 Å². The molecular formula is C14H20N4O3. The number of carbonyl (C=O) groups excluding carboxylic acids is 2. The molecule has 7 heteroatoms. The van der Waals surface area contributed by atoms with E-state index in [0.29, 0.717) is 19.0 Å². The summed E-state index contributed by atoms with van der Waals surface area (Å²) in [7, 11) is 1.66. The highest BCUT2D eigenvalue weighted by molar-refractivity contribution is 6.04. The lowest BCUT2D eigenvalue weighted by Gasteiger charge is -2.32. The molecular weight excluding hydrogens is 272 g/mol. The minimum absolute atomic E-state index is 0.144. The van der Waals surface area contributed by atoms with Gasteiger partial charge in [-0.15, -0.1) is 0 Å². The second-order valence-corrected chi connectivity index (χ2v) is 4.91. The van der Waals surface area contributed by atoms with Gasteiger partial charge >= 0.3 is 0 Å². The number of nitrogens with one attached hydrogen (secondary N) is 2. The van der Waals surface area contributed by atoms with Gasteiger partial charge in [-0.1, -0.05) is 6.07 Å². The molecule has 0 aromatic carbocycles. The van der Waals surface area contributed by atoms with Gasteiger partial charge < -0.3 is 15.0 Å². The molecule has 1 atom stereocenters. The van der Waals surface area contributed by atoms with Crippen molar-refractivity contribution < 1.29 is 14.3 Å². The number of piperazine rings is 1. The molecule has 1 unspecified atom stereocenters. The molecule has 1 saturated heterocycles. The Hall–Kier alpha value is -1.99. The standard InChI is InChI=1S/C14H20N4O3/c1-10-14(20)17-13(19)9-18(10)12-4-3-11(8-16-12)7-15-5-6-21-2/h3-4,8,10,15H,5-7,9H2,1-2H3,(H,17,19,20). The van der Waals surface area contributed by atoms with E-state index in [4.69, 9.17) is 4.74 Å². The number of anilines is 1. The van der Waals surface area contributed by atoms with Gasteiger partial charge in [-0.05, 0) is 18.6 Å². The van der Waals surface area contributed by atoms with Crippen LogP contribution in [0.1, 0.15) is 12.5 Å². The minimum Gasteiger partial charge on any atom is -0.383 e. The highest BCUT2D eigenvalue weighted by Crippen LogP contribution is 2.16. The Balaban J connectivity index is 1.97. The lowest BCUT2D eigenvalue weighted by atomic mass is 10.2. The molecule has 21 heavy (non-hydrogen) atoms. The van der Waals surface area contributed by atoms with Crippen molar-refractivity contribution >= 4 is 17.6 Å². The Morgan fingerprint density at radius 1 is 1.48 bits per heavy atom. The Bertz CT molecular complexity index is 503. The number of hydrogen-bond acceptors (Lipinski definition) is 6. The molecule has 0 bridgehead atoms. The molecule has 2 N–H and O–H groups in total. The first-order valence-electron chi connectivity index (χ1n) is 6.86. The van der Waals surface area contributed by atoms with Gasteiger partial charge in [-0.3, -0.25) is 14.9 Å². The molecule has 114 valence electrons. The number of ether oxygens (including phenoxy) is 1. The summed E-state index contributed by atoms with van der Waals surface area (Å²) in [6.45, 7) is 4.03. The van der Waals surface area contributed by atoms with Gasteiger partial charge in [0, 0.05) is 26.4 Å². The maximum Gasteiger partial charge on any atom is 0.249 e. The normalized spacial score (nSPS) is 18.8. The third kappa shape index (κ3) is 3.99. The van der Waals surface area contributed by atoms with Gasteiger partial charge in [-0.25, -0.2) is 4.98 Å². The van der Waals surface area contributed by atoms with E-state index in [-0.39, 0.29) is 18.4 Å². The summed E-state index contributed by atoms with van der Waals surface area (Å²) in [5.74, 6) is 0.0370. The van der Waals surface area contributed by atoms with E-state index >= 15 is 0 Å². The number of rotatable bonds is 6. The van der Waals surface area contributed by atoms with E-state index in [2.05, 4.69) is 15.6 Å². The van der Waals surface area contributed by atoms with Gasteiger partial charge in [0.2, 0.25) is 11.8 Å². The summed E-state index contributed by atoms with van der Waals surface area (Å²) in [5.41, 5.74) is 1.04. The van der Waals surface area contributed by atoms with Crippen molar-refractivity contribution in [1.82, 2.24) is 15.6 Å². The third-order valence-corrected chi connectivity index (χ3v) is 3.34. The van der Waals surface area contributed by atoms with Crippen molar-refractivity contribution in [1.29, 1.82) is 0 Å². The van der Waals surface area contributed by atoms with Crippen LogP contribution in [0.2, 0.25) is 0 Å². The summed E-state index contributed by atoms with van der Waals surface area (Å²) in [6.07, 6.45) is 1.75. The summed E-state index contributed by atoms with van der Waals surface area (Å²) in [6, 6.07) is 3.36. The Labute approximate surface area is 123 Å². The zero-order chi connectivity index (χ0) is 15.2. The van der Waals surface area contributed by atoms with E-state index < -0.39 is 6.04 Å². The van der Waals surface area contributed by atoms with E-state index in [9.17, 15) is 9.59 Å². The number of nitrogens with zero attached hydrogens (tertiary/aromatic N) is 2. The first kappa shape index (κ1) is 15.4. The molecule has 7 nitrogen and oxygen atoms in total. The third-order valence-electron chi connectivity index (χ3n) is 3.34. The quantitative estimate of drug-likeness (QED) is 0.552. The SMILES string of the molecule is COCCNCc1ccc(N2CC(=O)NC(=O)C2C)nc1. The maximum absolute atomic E-state index is 11.6. The lowest BCUT2D eigenvalue weighted by molar-refractivity contribution is -0.132. The number of carbonyl (C=O) groups is 2. The topological polar surface area (TPSA) is 83.6 Å². The molecule has 0 saturated carbocycles. The average molecular weight is 292 g/mol. The van der Waals surface area contributed by atoms with Crippen molar-refractivity contribution in [3.8, 4) is 0 Å². The number of methoxy groups -OCH3 is 1. The zero-order valence-corrected chi connectivity index (χ0v) is 12.3.